The number of cyclic esters (lactones) is 2. The van der Waals surface area contributed by atoms with Crippen LogP contribution in [0.15, 0.2) is 0 Å². The lowest BCUT2D eigenvalue weighted by atomic mass is 10.4. The van der Waals surface area contributed by atoms with Gasteiger partial charge in [-0.1, -0.05) is 0 Å². The summed E-state index contributed by atoms with van der Waals surface area (Å²) in [5.41, 5.74) is 0. The lowest BCUT2D eigenvalue weighted by Crippen LogP contribution is -1.94. The van der Waals surface area contributed by atoms with Crippen molar-refractivity contribution in [1.29, 1.82) is 0 Å². The van der Waals surface area contributed by atoms with E-state index in [2.05, 4.69) is 40.3 Å². The molecule has 33 heavy (non-hydrogen) atoms. The van der Waals surface area contributed by atoms with Gasteiger partial charge >= 0.3 is 11.9 Å². The average Bonchev–Trinajstić information content (AvgIpc) is 2.83. The summed E-state index contributed by atoms with van der Waals surface area (Å²) < 4.78 is 4.08. The number of ether oxygens (including phenoxy) is 1. The number of carbonyl (C=O) groups excluding carboxylic acids is 2. The highest BCUT2D eigenvalue weighted by atomic mass is 16.6. The van der Waals surface area contributed by atoms with Gasteiger partial charge in [0.1, 0.15) is 0 Å². The number of rotatable bonds is 0. The van der Waals surface area contributed by atoms with E-state index in [4.69, 9.17) is 0 Å². The van der Waals surface area contributed by atoms with E-state index in [0.717, 1.165) is 0 Å². The normalized spacial score (nSPS) is 5.52. The van der Waals surface area contributed by atoms with Crippen LogP contribution in [0.25, 0.3) is 0 Å². The Morgan fingerprint density at radius 3 is 0.576 bits per heavy atom. The molecule has 17 heteroatoms. The summed E-state index contributed by atoms with van der Waals surface area (Å²) >= 11 is 0. The SMILES string of the molecule is CC#CC.CC#CC.CC#CC.O.O.O.O.O.O.O.O.O.O.O.O.O.O.O=C1CCC(=O)O1.[HH].[HH].[HH].[HH].[HH].[HH]. The van der Waals surface area contributed by atoms with Gasteiger partial charge in [0.25, 0.3) is 0 Å². The molecule has 1 heterocycles. The van der Waals surface area contributed by atoms with Crippen LogP contribution in [0.4, 0.5) is 0 Å². The number of carbonyl (C=O) groups is 2. The average molecular weight is 527 g/mol. The van der Waals surface area contributed by atoms with Crippen molar-refractivity contribution in [3.8, 4) is 35.5 Å². The topological polar surface area (TPSA) is 484 Å². The Kier molecular flexibility index (Phi) is 694. The minimum absolute atomic E-state index is 0. The van der Waals surface area contributed by atoms with Crippen LogP contribution in [-0.4, -0.2) is 88.6 Å². The molecule has 0 aliphatic carbocycles. The summed E-state index contributed by atoms with van der Waals surface area (Å²) in [6.07, 6.45) is 0.525. The Balaban J connectivity index is -0.00000000363. The summed E-state index contributed by atoms with van der Waals surface area (Å²) in [5, 5.41) is 0. The van der Waals surface area contributed by atoms with Crippen molar-refractivity contribution in [3.63, 3.8) is 0 Å². The Morgan fingerprint density at radius 1 is 0.424 bits per heavy atom. The third-order valence-electron chi connectivity index (χ3n) is 1.51. The zero-order valence-corrected chi connectivity index (χ0v) is 19.6. The van der Waals surface area contributed by atoms with Gasteiger partial charge in [-0.3, -0.25) is 9.59 Å². The van der Waals surface area contributed by atoms with Crippen molar-refractivity contribution < 1.29 is 99.6 Å². The van der Waals surface area contributed by atoms with E-state index in [1.54, 1.807) is 0 Å². The zero-order valence-electron chi connectivity index (χ0n) is 19.6. The molecule has 0 amide bonds. The summed E-state index contributed by atoms with van der Waals surface area (Å²) in [6.45, 7) is 10.9. The van der Waals surface area contributed by atoms with Gasteiger partial charge in [0.15, 0.2) is 0 Å². The number of hydrogen-bond donors (Lipinski definition) is 0. The Morgan fingerprint density at radius 2 is 0.545 bits per heavy atom. The van der Waals surface area contributed by atoms with Gasteiger partial charge in [0.05, 0.1) is 12.8 Å². The van der Waals surface area contributed by atoms with Crippen LogP contribution < -0.4 is 0 Å². The van der Waals surface area contributed by atoms with Gasteiger partial charge < -0.3 is 81.4 Å². The maximum atomic E-state index is 10.0. The van der Waals surface area contributed by atoms with Crippen molar-refractivity contribution in [2.24, 2.45) is 0 Å². The first-order chi connectivity index (χ1) is 9.03. The van der Waals surface area contributed by atoms with Crippen molar-refractivity contribution in [2.75, 3.05) is 0 Å². The molecule has 0 atom stereocenters. The van der Waals surface area contributed by atoms with Crippen LogP contribution in [0, 0.1) is 35.5 Å². The minimum atomic E-state index is -0.398. The van der Waals surface area contributed by atoms with E-state index < -0.39 is 11.9 Å². The van der Waals surface area contributed by atoms with Crippen LogP contribution in [0.5, 0.6) is 0 Å². The highest BCUT2D eigenvalue weighted by Crippen LogP contribution is 2.03. The van der Waals surface area contributed by atoms with Crippen molar-refractivity contribution in [3.05, 3.63) is 0 Å². The summed E-state index contributed by atoms with van der Waals surface area (Å²) in [7, 11) is 0. The largest absolute Gasteiger partial charge is 0.412 e. The molecule has 1 fully saturated rings. The smallest absolute Gasteiger partial charge is 0.314 e. The van der Waals surface area contributed by atoms with Gasteiger partial charge in [-0.25, -0.2) is 0 Å². The third kappa shape index (κ3) is 254. The van der Waals surface area contributed by atoms with Crippen molar-refractivity contribution in [2.45, 2.75) is 54.4 Å². The van der Waals surface area contributed by atoms with Crippen LogP contribution in [0.2, 0.25) is 0 Å². The maximum Gasteiger partial charge on any atom is 0.314 e. The predicted octanol–water partition coefficient (Wildman–Crippen LogP) is -7.13. The monoisotopic (exact) mass is 526 g/mol. The third-order valence-corrected chi connectivity index (χ3v) is 1.51. The molecule has 0 saturated carbocycles. The number of hydrogen-bond acceptors (Lipinski definition) is 3. The lowest BCUT2D eigenvalue weighted by molar-refractivity contribution is -0.151. The Labute approximate surface area is 202 Å². The van der Waals surface area contributed by atoms with Crippen molar-refractivity contribution >= 4 is 11.9 Å². The van der Waals surface area contributed by atoms with E-state index in [1.807, 2.05) is 41.5 Å². The molecule has 0 spiro atoms. The van der Waals surface area contributed by atoms with E-state index in [0.29, 0.717) is 0 Å². The first-order valence-electron chi connectivity index (χ1n) is 5.77. The van der Waals surface area contributed by atoms with Gasteiger partial charge in [-0.2, -0.15) is 0 Å². The molecule has 228 valence electrons. The van der Waals surface area contributed by atoms with Crippen LogP contribution in [0.3, 0.4) is 0 Å². The van der Waals surface area contributed by atoms with E-state index in [9.17, 15) is 9.59 Å². The maximum absolute atomic E-state index is 10.0. The fraction of sp³-hybridized carbons (Fsp3) is 0.500. The molecule has 1 rings (SSSR count). The highest BCUT2D eigenvalue weighted by Gasteiger charge is 2.19. The molecule has 0 bridgehead atoms. The Hall–Kier alpha value is -2.74. The fourth-order valence-corrected chi connectivity index (χ4v) is 0.433. The quantitative estimate of drug-likeness (QED) is 0.169. The molecule has 17 nitrogen and oxygen atoms in total. The zero-order chi connectivity index (χ0) is 15.5. The van der Waals surface area contributed by atoms with E-state index in [-0.39, 0.29) is 98.1 Å². The van der Waals surface area contributed by atoms with Gasteiger partial charge in [-0.05, 0) is 41.5 Å². The summed E-state index contributed by atoms with van der Waals surface area (Å²) in [5.74, 6) is 15.3. The summed E-state index contributed by atoms with van der Waals surface area (Å²) in [6, 6.07) is 0. The second-order valence-corrected chi connectivity index (χ2v) is 2.85. The van der Waals surface area contributed by atoms with Gasteiger partial charge in [-0.15, -0.1) is 35.5 Å². The summed E-state index contributed by atoms with van der Waals surface area (Å²) in [4.78, 5) is 20.0. The van der Waals surface area contributed by atoms with Crippen LogP contribution >= 0.6 is 0 Å². The standard InChI is InChI=1S/C4H4O3.3C4H6.14H2O.6H2/c5-3-1-2-4(6)7-3;3*1-3-4-2;;;;;;;;;;;;;;;;;;;;/h1-2H2;3*1-2H3;14*1H2;6*1H. The molecular weight excluding hydrogens is 464 g/mol. The first-order valence-corrected chi connectivity index (χ1v) is 5.77. The molecule has 28 N–H and O–H groups in total. The van der Waals surface area contributed by atoms with Crippen LogP contribution in [0.1, 0.15) is 62.9 Å². The molecular formula is C16H62O17. The van der Waals surface area contributed by atoms with Crippen LogP contribution in [-0.2, 0) is 14.3 Å². The van der Waals surface area contributed by atoms with Crippen molar-refractivity contribution in [1.82, 2.24) is 0 Å². The van der Waals surface area contributed by atoms with Gasteiger partial charge in [0, 0.05) is 8.56 Å². The molecule has 1 saturated heterocycles. The molecule has 0 aromatic rings. The lowest BCUT2D eigenvalue weighted by Gasteiger charge is -1.79. The van der Waals surface area contributed by atoms with E-state index >= 15 is 0 Å². The van der Waals surface area contributed by atoms with E-state index in [1.165, 1.54) is 0 Å². The molecule has 0 radical (unpaired) electrons. The fourth-order valence-electron chi connectivity index (χ4n) is 0.433. The molecule has 0 unspecified atom stereocenters. The molecule has 0 aromatic carbocycles. The second kappa shape index (κ2) is 155. The van der Waals surface area contributed by atoms with Gasteiger partial charge in [0.2, 0.25) is 0 Å². The minimum Gasteiger partial charge on any atom is -0.412 e. The first kappa shape index (κ1) is 147. The Bertz CT molecular complexity index is 385. The second-order valence-electron chi connectivity index (χ2n) is 2.85. The molecule has 0 aromatic heterocycles. The predicted molar refractivity (Wildman–Crippen MR) is 141 cm³/mol. The molecule has 1 aliphatic rings. The molecule has 1 aliphatic heterocycles. The number of esters is 2. The highest BCUT2D eigenvalue weighted by molar-refractivity contribution is 5.92.